The SMILES string of the molecule is CC(=O)N(O)CCC(F)CNC(=O)CCC(=O)NCCC(F)CNC(=O)CCC(=O)N(O)CCCCCN. The van der Waals surface area contributed by atoms with Crippen LogP contribution in [-0.2, 0) is 24.0 Å². The lowest BCUT2D eigenvalue weighted by Gasteiger charge is -2.15. The minimum atomic E-state index is -1.48. The second kappa shape index (κ2) is 21.1. The number of hydrogen-bond acceptors (Lipinski definition) is 8. The van der Waals surface area contributed by atoms with Gasteiger partial charge in [-0.1, -0.05) is 6.42 Å². The van der Waals surface area contributed by atoms with Crippen molar-refractivity contribution >= 4 is 29.5 Å². The summed E-state index contributed by atoms with van der Waals surface area (Å²) in [5.41, 5.74) is 5.37. The molecule has 0 spiro atoms. The molecule has 0 saturated heterocycles. The maximum atomic E-state index is 14.0. The topological polar surface area (TPSA) is 194 Å². The molecule has 0 saturated carbocycles. The van der Waals surface area contributed by atoms with E-state index < -0.39 is 41.9 Å². The first-order valence-electron chi connectivity index (χ1n) is 12.7. The molecule has 38 heavy (non-hydrogen) atoms. The van der Waals surface area contributed by atoms with E-state index in [0.717, 1.165) is 19.8 Å². The highest BCUT2D eigenvalue weighted by molar-refractivity contribution is 5.84. The molecule has 15 heteroatoms. The van der Waals surface area contributed by atoms with Crippen molar-refractivity contribution in [2.45, 2.75) is 77.1 Å². The molecule has 0 aromatic rings. The third-order valence-electron chi connectivity index (χ3n) is 5.35. The maximum Gasteiger partial charge on any atom is 0.246 e. The van der Waals surface area contributed by atoms with Crippen LogP contribution in [0, 0.1) is 0 Å². The predicted molar refractivity (Wildman–Crippen MR) is 132 cm³/mol. The number of amides is 5. The lowest BCUT2D eigenvalue weighted by molar-refractivity contribution is -0.166. The van der Waals surface area contributed by atoms with Crippen molar-refractivity contribution in [2.75, 3.05) is 39.3 Å². The fourth-order valence-corrected chi connectivity index (χ4v) is 2.99. The standard InChI is InChI=1S/C23H42F2N6O7/c1-17(32)30(37)14-10-19(25)16-29-21(34)6-5-20(33)27-12-9-18(24)15-28-22(35)7-8-23(36)31(38)13-4-2-3-11-26/h18-19,37-38H,2-16,26H2,1H3,(H,27,33)(H,28,35)(H,29,34). The van der Waals surface area contributed by atoms with Crippen LogP contribution in [0.5, 0.6) is 0 Å². The molecule has 2 atom stereocenters. The first kappa shape index (κ1) is 35.1. The van der Waals surface area contributed by atoms with Gasteiger partial charge in [0, 0.05) is 65.2 Å². The van der Waals surface area contributed by atoms with Crippen molar-refractivity contribution < 1.29 is 43.2 Å². The van der Waals surface area contributed by atoms with E-state index in [2.05, 4.69) is 16.0 Å². The molecule has 220 valence electrons. The summed E-state index contributed by atoms with van der Waals surface area (Å²) < 4.78 is 27.6. The zero-order valence-electron chi connectivity index (χ0n) is 21.9. The molecule has 0 aliphatic carbocycles. The lowest BCUT2D eigenvalue weighted by Crippen LogP contribution is -2.35. The van der Waals surface area contributed by atoms with E-state index in [1.54, 1.807) is 0 Å². The van der Waals surface area contributed by atoms with Crippen LogP contribution >= 0.6 is 0 Å². The molecule has 0 radical (unpaired) electrons. The van der Waals surface area contributed by atoms with Gasteiger partial charge in [0.05, 0.1) is 6.54 Å². The van der Waals surface area contributed by atoms with Crippen molar-refractivity contribution in [3.05, 3.63) is 0 Å². The summed E-state index contributed by atoms with van der Waals surface area (Å²) in [6.07, 6.45) is -1.85. The maximum absolute atomic E-state index is 14.0. The normalized spacial score (nSPS) is 12.3. The predicted octanol–water partition coefficient (Wildman–Crippen LogP) is -0.0637. The summed E-state index contributed by atoms with van der Waals surface area (Å²) in [6, 6.07) is 0. The van der Waals surface area contributed by atoms with Crippen LogP contribution < -0.4 is 21.7 Å². The number of nitrogens with one attached hydrogen (secondary N) is 3. The molecular formula is C23H42F2N6O7. The Bertz CT molecular complexity index is 747. The van der Waals surface area contributed by atoms with Gasteiger partial charge in [0.25, 0.3) is 0 Å². The number of rotatable bonds is 21. The van der Waals surface area contributed by atoms with Crippen LogP contribution in [0.15, 0.2) is 0 Å². The summed E-state index contributed by atoms with van der Waals surface area (Å²) in [4.78, 5) is 57.9. The van der Waals surface area contributed by atoms with Gasteiger partial charge < -0.3 is 21.7 Å². The van der Waals surface area contributed by atoms with Crippen molar-refractivity contribution in [2.24, 2.45) is 5.73 Å². The summed E-state index contributed by atoms with van der Waals surface area (Å²) in [5.74, 6) is -2.83. The Kier molecular flexibility index (Phi) is 19.5. The molecule has 0 aromatic heterocycles. The van der Waals surface area contributed by atoms with E-state index in [9.17, 15) is 38.0 Å². The van der Waals surface area contributed by atoms with E-state index in [1.807, 2.05) is 0 Å². The number of carbonyl (C=O) groups is 5. The van der Waals surface area contributed by atoms with Gasteiger partial charge in [-0.05, 0) is 25.8 Å². The molecule has 0 bridgehead atoms. The lowest BCUT2D eigenvalue weighted by atomic mass is 10.2. The molecule has 2 unspecified atom stereocenters. The van der Waals surface area contributed by atoms with Gasteiger partial charge in [0.2, 0.25) is 29.5 Å². The highest BCUT2D eigenvalue weighted by Crippen LogP contribution is 2.02. The van der Waals surface area contributed by atoms with Crippen LogP contribution in [0.25, 0.3) is 0 Å². The fourth-order valence-electron chi connectivity index (χ4n) is 2.99. The monoisotopic (exact) mass is 552 g/mol. The zero-order chi connectivity index (χ0) is 28.9. The van der Waals surface area contributed by atoms with Gasteiger partial charge in [-0.15, -0.1) is 0 Å². The second-order valence-corrected chi connectivity index (χ2v) is 8.74. The fraction of sp³-hybridized carbons (Fsp3) is 0.783. The van der Waals surface area contributed by atoms with E-state index in [1.165, 1.54) is 0 Å². The Morgan fingerprint density at radius 2 is 1.26 bits per heavy atom. The Labute approximate surface area is 221 Å². The molecule has 7 N–H and O–H groups in total. The molecular weight excluding hydrogens is 510 g/mol. The van der Waals surface area contributed by atoms with Gasteiger partial charge in [-0.2, -0.15) is 0 Å². The first-order valence-corrected chi connectivity index (χ1v) is 12.7. The van der Waals surface area contributed by atoms with Gasteiger partial charge in [0.15, 0.2) is 0 Å². The highest BCUT2D eigenvalue weighted by Gasteiger charge is 2.16. The zero-order valence-corrected chi connectivity index (χ0v) is 21.9. The van der Waals surface area contributed by atoms with Crippen molar-refractivity contribution in [3.8, 4) is 0 Å². The number of hydroxylamine groups is 4. The molecule has 5 amide bonds. The quantitative estimate of drug-likeness (QED) is 0.0647. The molecule has 0 fully saturated rings. The Balaban J connectivity index is 3.89. The van der Waals surface area contributed by atoms with E-state index in [-0.39, 0.29) is 71.2 Å². The minimum absolute atomic E-state index is 0.0278. The Morgan fingerprint density at radius 1 is 0.737 bits per heavy atom. The van der Waals surface area contributed by atoms with Crippen LogP contribution in [0.1, 0.15) is 64.7 Å². The molecule has 0 aliphatic heterocycles. The van der Waals surface area contributed by atoms with Gasteiger partial charge in [-0.3, -0.25) is 34.4 Å². The number of halogens is 2. The average molecular weight is 553 g/mol. The van der Waals surface area contributed by atoms with Gasteiger partial charge in [0.1, 0.15) is 12.3 Å². The van der Waals surface area contributed by atoms with Crippen molar-refractivity contribution in [3.63, 3.8) is 0 Å². The molecule has 0 aromatic carbocycles. The van der Waals surface area contributed by atoms with Crippen LogP contribution in [0.4, 0.5) is 8.78 Å². The van der Waals surface area contributed by atoms with Crippen molar-refractivity contribution in [1.29, 1.82) is 0 Å². The third-order valence-corrected chi connectivity index (χ3v) is 5.35. The minimum Gasteiger partial charge on any atom is -0.356 e. The third kappa shape index (κ3) is 19.2. The molecule has 0 aliphatic rings. The van der Waals surface area contributed by atoms with Crippen LogP contribution in [-0.4, -0.2) is 102 Å². The van der Waals surface area contributed by atoms with E-state index in [4.69, 9.17) is 10.9 Å². The van der Waals surface area contributed by atoms with Crippen LogP contribution in [0.2, 0.25) is 0 Å². The highest BCUT2D eigenvalue weighted by atomic mass is 19.1. The van der Waals surface area contributed by atoms with Gasteiger partial charge in [-0.25, -0.2) is 18.9 Å². The number of unbranched alkanes of at least 4 members (excludes halogenated alkanes) is 2. The number of nitrogens with two attached hydrogens (primary N) is 1. The smallest absolute Gasteiger partial charge is 0.246 e. The molecule has 0 rings (SSSR count). The number of nitrogens with zero attached hydrogens (tertiary/aromatic N) is 2. The Morgan fingerprint density at radius 3 is 1.82 bits per heavy atom. The van der Waals surface area contributed by atoms with Crippen LogP contribution in [0.3, 0.4) is 0 Å². The first-order chi connectivity index (χ1) is 18.0. The molecule has 13 nitrogen and oxygen atoms in total. The van der Waals surface area contributed by atoms with E-state index in [0.29, 0.717) is 23.1 Å². The average Bonchev–Trinajstić information content (AvgIpc) is 2.88. The largest absolute Gasteiger partial charge is 0.356 e. The van der Waals surface area contributed by atoms with Crippen molar-refractivity contribution in [1.82, 2.24) is 26.1 Å². The molecule has 0 heterocycles. The summed E-state index contributed by atoms with van der Waals surface area (Å²) >= 11 is 0. The van der Waals surface area contributed by atoms with Gasteiger partial charge >= 0.3 is 0 Å². The Hall–Kier alpha value is -2.91. The summed E-state index contributed by atoms with van der Waals surface area (Å²) in [7, 11) is 0. The second-order valence-electron chi connectivity index (χ2n) is 8.74. The summed E-state index contributed by atoms with van der Waals surface area (Å²) in [5, 5.41) is 26.8. The number of hydrogen-bond donors (Lipinski definition) is 6. The van der Waals surface area contributed by atoms with E-state index >= 15 is 0 Å². The number of carbonyl (C=O) groups excluding carboxylic acids is 5. The summed E-state index contributed by atoms with van der Waals surface area (Å²) in [6.45, 7) is 0.920. The number of alkyl halides is 2.